The molecule has 0 aliphatic carbocycles. The van der Waals surface area contributed by atoms with Gasteiger partial charge in [-0.15, -0.1) is 0 Å². The highest BCUT2D eigenvalue weighted by Crippen LogP contribution is 2.12. The van der Waals surface area contributed by atoms with Crippen LogP contribution in [-0.4, -0.2) is 20.2 Å². The molecule has 1 aromatic rings. The van der Waals surface area contributed by atoms with Crippen LogP contribution in [0.4, 0.5) is 0 Å². The van der Waals surface area contributed by atoms with Crippen molar-refractivity contribution in [2.45, 2.75) is 32.3 Å². The van der Waals surface area contributed by atoms with Crippen molar-refractivity contribution in [3.63, 3.8) is 0 Å². The molecule has 3 heteroatoms. The quantitative estimate of drug-likeness (QED) is 0.701. The number of nitrogens with one attached hydrogen (secondary N) is 1. The Morgan fingerprint density at radius 1 is 1.18 bits per heavy atom. The Hall–Kier alpha value is -0.380. The molecule has 0 radical (unpaired) electrons. The van der Waals surface area contributed by atoms with Crippen LogP contribution in [0.25, 0.3) is 0 Å². The lowest BCUT2D eigenvalue weighted by atomic mass is 10.2. The van der Waals surface area contributed by atoms with Crippen LogP contribution in [-0.2, 0) is 11.3 Å². The van der Waals surface area contributed by atoms with Crippen molar-refractivity contribution in [2.24, 2.45) is 0 Å². The Morgan fingerprint density at radius 2 is 2.00 bits per heavy atom. The molecule has 0 fully saturated rings. The van der Waals surface area contributed by atoms with Crippen molar-refractivity contribution < 1.29 is 4.74 Å². The zero-order valence-electron chi connectivity index (χ0n) is 10.5. The van der Waals surface area contributed by atoms with Crippen LogP contribution < -0.4 is 5.32 Å². The Balaban J connectivity index is 1.97. The van der Waals surface area contributed by atoms with E-state index in [9.17, 15) is 0 Å². The Morgan fingerprint density at radius 3 is 2.76 bits per heavy atom. The van der Waals surface area contributed by atoms with Gasteiger partial charge in [-0.2, -0.15) is 0 Å². The van der Waals surface area contributed by atoms with Gasteiger partial charge in [-0.25, -0.2) is 0 Å². The SMILES string of the molecule is CNCCCCCCOCc1cccc(Br)c1. The molecule has 0 aromatic heterocycles. The molecular formula is C14H22BrNO. The lowest BCUT2D eigenvalue weighted by molar-refractivity contribution is 0.116. The summed E-state index contributed by atoms with van der Waals surface area (Å²) in [4.78, 5) is 0. The second-order valence-corrected chi connectivity index (χ2v) is 5.12. The van der Waals surface area contributed by atoms with Gasteiger partial charge in [-0.3, -0.25) is 0 Å². The highest BCUT2D eigenvalue weighted by atomic mass is 79.9. The topological polar surface area (TPSA) is 21.3 Å². The van der Waals surface area contributed by atoms with E-state index in [-0.39, 0.29) is 0 Å². The number of hydrogen-bond acceptors (Lipinski definition) is 2. The smallest absolute Gasteiger partial charge is 0.0717 e. The van der Waals surface area contributed by atoms with E-state index in [0.717, 1.165) is 30.7 Å². The second kappa shape index (κ2) is 9.63. The monoisotopic (exact) mass is 299 g/mol. The highest BCUT2D eigenvalue weighted by Gasteiger charge is 1.95. The molecule has 0 heterocycles. The van der Waals surface area contributed by atoms with E-state index >= 15 is 0 Å². The van der Waals surface area contributed by atoms with Crippen LogP contribution in [0.5, 0.6) is 0 Å². The van der Waals surface area contributed by atoms with Gasteiger partial charge >= 0.3 is 0 Å². The Labute approximate surface area is 113 Å². The van der Waals surface area contributed by atoms with Gasteiger partial charge in [0.25, 0.3) is 0 Å². The van der Waals surface area contributed by atoms with Crippen molar-refractivity contribution in [1.29, 1.82) is 0 Å². The van der Waals surface area contributed by atoms with E-state index in [4.69, 9.17) is 4.74 Å². The van der Waals surface area contributed by atoms with Gasteiger partial charge < -0.3 is 10.1 Å². The Kier molecular flexibility index (Phi) is 8.32. The zero-order chi connectivity index (χ0) is 12.3. The molecule has 0 unspecified atom stereocenters. The number of unbranched alkanes of at least 4 members (excludes halogenated alkanes) is 3. The summed E-state index contributed by atoms with van der Waals surface area (Å²) in [5.41, 5.74) is 1.23. The third-order valence-electron chi connectivity index (χ3n) is 2.62. The minimum Gasteiger partial charge on any atom is -0.377 e. The predicted octanol–water partition coefficient (Wildman–Crippen LogP) is 3.75. The number of ether oxygens (including phenoxy) is 1. The minimum atomic E-state index is 0.718. The summed E-state index contributed by atoms with van der Waals surface area (Å²) in [5.74, 6) is 0. The molecule has 17 heavy (non-hydrogen) atoms. The van der Waals surface area contributed by atoms with E-state index in [1.54, 1.807) is 0 Å². The summed E-state index contributed by atoms with van der Waals surface area (Å²) in [6.07, 6.45) is 4.99. The van der Waals surface area contributed by atoms with Crippen molar-refractivity contribution in [1.82, 2.24) is 5.32 Å². The number of hydrogen-bond donors (Lipinski definition) is 1. The van der Waals surface area contributed by atoms with Crippen molar-refractivity contribution in [3.8, 4) is 0 Å². The second-order valence-electron chi connectivity index (χ2n) is 4.20. The molecule has 96 valence electrons. The largest absolute Gasteiger partial charge is 0.377 e. The van der Waals surface area contributed by atoms with E-state index < -0.39 is 0 Å². The highest BCUT2D eigenvalue weighted by molar-refractivity contribution is 9.10. The fourth-order valence-corrected chi connectivity index (χ4v) is 2.12. The van der Waals surface area contributed by atoms with Crippen molar-refractivity contribution in [3.05, 3.63) is 34.3 Å². The molecule has 0 amide bonds. The average molecular weight is 300 g/mol. The minimum absolute atomic E-state index is 0.718. The number of benzene rings is 1. The first kappa shape index (κ1) is 14.7. The standard InChI is InChI=1S/C14H22BrNO/c1-16-9-4-2-3-5-10-17-12-13-7-6-8-14(15)11-13/h6-8,11,16H,2-5,9-10,12H2,1H3. The molecular weight excluding hydrogens is 278 g/mol. The van der Waals surface area contributed by atoms with Crippen molar-refractivity contribution in [2.75, 3.05) is 20.2 Å². The first-order chi connectivity index (χ1) is 8.33. The van der Waals surface area contributed by atoms with Crippen LogP contribution >= 0.6 is 15.9 Å². The van der Waals surface area contributed by atoms with Gasteiger partial charge in [0.15, 0.2) is 0 Å². The van der Waals surface area contributed by atoms with Gasteiger partial charge in [0.05, 0.1) is 6.61 Å². The summed E-state index contributed by atoms with van der Waals surface area (Å²) in [7, 11) is 2.00. The lowest BCUT2D eigenvalue weighted by Gasteiger charge is -2.05. The van der Waals surface area contributed by atoms with Crippen LogP contribution in [0.15, 0.2) is 28.7 Å². The summed E-state index contributed by atoms with van der Waals surface area (Å²) < 4.78 is 6.76. The van der Waals surface area contributed by atoms with E-state index in [2.05, 4.69) is 33.4 Å². The van der Waals surface area contributed by atoms with E-state index in [1.807, 2.05) is 19.2 Å². The molecule has 0 aliphatic heterocycles. The molecule has 2 nitrogen and oxygen atoms in total. The maximum Gasteiger partial charge on any atom is 0.0717 e. The fourth-order valence-electron chi connectivity index (χ4n) is 1.68. The molecule has 1 aromatic carbocycles. The van der Waals surface area contributed by atoms with Gasteiger partial charge in [0.2, 0.25) is 0 Å². The normalized spacial score (nSPS) is 10.7. The van der Waals surface area contributed by atoms with Gasteiger partial charge in [-0.1, -0.05) is 40.9 Å². The Bertz CT molecular complexity index is 304. The molecule has 0 aliphatic rings. The molecule has 0 bridgehead atoms. The summed E-state index contributed by atoms with van der Waals surface area (Å²) in [6, 6.07) is 8.27. The molecule has 1 rings (SSSR count). The summed E-state index contributed by atoms with van der Waals surface area (Å²) >= 11 is 3.46. The summed E-state index contributed by atoms with van der Waals surface area (Å²) in [5, 5.41) is 3.16. The number of rotatable bonds is 9. The van der Waals surface area contributed by atoms with Crippen LogP contribution in [0.2, 0.25) is 0 Å². The summed E-state index contributed by atoms with van der Waals surface area (Å²) in [6.45, 7) is 2.71. The first-order valence-corrected chi connectivity index (χ1v) is 7.09. The molecule has 0 saturated carbocycles. The van der Waals surface area contributed by atoms with Crippen LogP contribution in [0.3, 0.4) is 0 Å². The molecule has 0 saturated heterocycles. The van der Waals surface area contributed by atoms with Gasteiger partial charge in [-0.05, 0) is 44.1 Å². The van der Waals surface area contributed by atoms with E-state index in [1.165, 1.54) is 24.8 Å². The predicted molar refractivity (Wildman–Crippen MR) is 76.2 cm³/mol. The maximum atomic E-state index is 5.64. The first-order valence-electron chi connectivity index (χ1n) is 6.29. The van der Waals surface area contributed by atoms with Crippen molar-refractivity contribution >= 4 is 15.9 Å². The van der Waals surface area contributed by atoms with Crippen LogP contribution in [0.1, 0.15) is 31.2 Å². The van der Waals surface area contributed by atoms with Crippen LogP contribution in [0, 0.1) is 0 Å². The third-order valence-corrected chi connectivity index (χ3v) is 3.12. The third kappa shape index (κ3) is 7.53. The maximum absolute atomic E-state index is 5.64. The van der Waals surface area contributed by atoms with Gasteiger partial charge in [0.1, 0.15) is 0 Å². The van der Waals surface area contributed by atoms with E-state index in [0.29, 0.717) is 0 Å². The number of halogens is 1. The van der Waals surface area contributed by atoms with Gasteiger partial charge in [0, 0.05) is 11.1 Å². The molecule has 0 atom stereocenters. The average Bonchev–Trinajstić information content (AvgIpc) is 2.33. The molecule has 0 spiro atoms. The molecule has 1 N–H and O–H groups in total. The lowest BCUT2D eigenvalue weighted by Crippen LogP contribution is -2.07. The fraction of sp³-hybridized carbons (Fsp3) is 0.571. The zero-order valence-corrected chi connectivity index (χ0v) is 12.1.